The quantitative estimate of drug-likeness (QED) is 0.749. The van der Waals surface area contributed by atoms with Gasteiger partial charge < -0.3 is 20.4 Å². The fourth-order valence-corrected chi connectivity index (χ4v) is 2.38. The lowest BCUT2D eigenvalue weighted by Crippen LogP contribution is -2.43. The molecule has 2 atom stereocenters. The van der Waals surface area contributed by atoms with Crippen LogP contribution in [0, 0.1) is 18.3 Å². The van der Waals surface area contributed by atoms with Crippen molar-refractivity contribution in [1.29, 1.82) is 5.26 Å². The summed E-state index contributed by atoms with van der Waals surface area (Å²) < 4.78 is 0. The van der Waals surface area contributed by atoms with Crippen molar-refractivity contribution < 1.29 is 19.8 Å². The third-order valence-corrected chi connectivity index (χ3v) is 3.45. The van der Waals surface area contributed by atoms with Crippen molar-refractivity contribution in [3.63, 3.8) is 0 Å². The zero-order valence-electron chi connectivity index (χ0n) is 11.4. The lowest BCUT2D eigenvalue weighted by atomic mass is 10.1. The van der Waals surface area contributed by atoms with E-state index in [1.54, 1.807) is 25.1 Å². The van der Waals surface area contributed by atoms with Gasteiger partial charge in [0.05, 0.1) is 17.4 Å². The van der Waals surface area contributed by atoms with Gasteiger partial charge in [-0.15, -0.1) is 0 Å². The summed E-state index contributed by atoms with van der Waals surface area (Å²) >= 11 is 0. The number of aliphatic hydroxyl groups excluding tert-OH is 1. The molecule has 1 aromatic carbocycles. The topological polar surface area (TPSA) is 114 Å². The molecule has 110 valence electrons. The van der Waals surface area contributed by atoms with Crippen molar-refractivity contribution >= 4 is 17.7 Å². The molecule has 21 heavy (non-hydrogen) atoms. The minimum absolute atomic E-state index is 0.00166. The summed E-state index contributed by atoms with van der Waals surface area (Å²) in [7, 11) is 0. The van der Waals surface area contributed by atoms with E-state index in [9.17, 15) is 14.7 Å². The molecule has 3 N–H and O–H groups in total. The van der Waals surface area contributed by atoms with Gasteiger partial charge >= 0.3 is 12.0 Å². The van der Waals surface area contributed by atoms with Gasteiger partial charge in [-0.2, -0.15) is 5.26 Å². The summed E-state index contributed by atoms with van der Waals surface area (Å²) in [4.78, 5) is 24.4. The van der Waals surface area contributed by atoms with Gasteiger partial charge in [0.1, 0.15) is 12.1 Å². The highest BCUT2D eigenvalue weighted by atomic mass is 16.4. The highest BCUT2D eigenvalue weighted by molar-refractivity contribution is 5.94. The first-order valence-corrected chi connectivity index (χ1v) is 6.42. The SMILES string of the molecule is Cc1cccc(NC(=O)N2C[C@H](O)C[C@@H]2C(=O)O)c1C#N. The average molecular weight is 289 g/mol. The molecule has 1 fully saturated rings. The van der Waals surface area contributed by atoms with Crippen molar-refractivity contribution in [2.75, 3.05) is 11.9 Å². The molecule has 1 aliphatic heterocycles. The fraction of sp³-hybridized carbons (Fsp3) is 0.357. The monoisotopic (exact) mass is 289 g/mol. The van der Waals surface area contributed by atoms with E-state index in [1.165, 1.54) is 0 Å². The van der Waals surface area contributed by atoms with Crippen LogP contribution in [0.1, 0.15) is 17.5 Å². The van der Waals surface area contributed by atoms with Gasteiger partial charge in [-0.3, -0.25) is 0 Å². The van der Waals surface area contributed by atoms with Gasteiger partial charge in [0.2, 0.25) is 0 Å². The number of anilines is 1. The molecule has 1 aliphatic rings. The normalized spacial score (nSPS) is 20.9. The first-order chi connectivity index (χ1) is 9.93. The number of nitrogens with zero attached hydrogens (tertiary/aromatic N) is 2. The number of benzene rings is 1. The average Bonchev–Trinajstić information content (AvgIpc) is 2.81. The Morgan fingerprint density at radius 2 is 2.19 bits per heavy atom. The Balaban J connectivity index is 2.21. The third kappa shape index (κ3) is 2.95. The zero-order valence-corrected chi connectivity index (χ0v) is 11.4. The molecule has 1 heterocycles. The van der Waals surface area contributed by atoms with Crippen molar-refractivity contribution in [3.05, 3.63) is 29.3 Å². The number of nitriles is 1. The number of carbonyl (C=O) groups excluding carboxylic acids is 1. The zero-order chi connectivity index (χ0) is 15.6. The van der Waals surface area contributed by atoms with Crippen molar-refractivity contribution in [2.45, 2.75) is 25.5 Å². The van der Waals surface area contributed by atoms with Gasteiger partial charge in [-0.1, -0.05) is 12.1 Å². The summed E-state index contributed by atoms with van der Waals surface area (Å²) in [6, 6.07) is 5.32. The van der Waals surface area contributed by atoms with Gasteiger partial charge in [-0.25, -0.2) is 9.59 Å². The number of hydrogen-bond acceptors (Lipinski definition) is 4. The molecule has 0 aliphatic carbocycles. The summed E-state index contributed by atoms with van der Waals surface area (Å²) in [6.07, 6.45) is -0.855. The Morgan fingerprint density at radius 1 is 1.48 bits per heavy atom. The van der Waals surface area contributed by atoms with E-state index in [2.05, 4.69) is 5.32 Å². The highest BCUT2D eigenvalue weighted by Crippen LogP contribution is 2.22. The van der Waals surface area contributed by atoms with Crippen molar-refractivity contribution in [1.82, 2.24) is 4.90 Å². The number of carboxylic acid groups (broad SMARTS) is 1. The maximum absolute atomic E-state index is 12.2. The number of amides is 2. The number of nitrogens with one attached hydrogen (secondary N) is 1. The summed E-state index contributed by atoms with van der Waals surface area (Å²) in [6.45, 7) is 1.70. The lowest BCUT2D eigenvalue weighted by molar-refractivity contribution is -0.141. The molecular formula is C14H15N3O4. The van der Waals surface area contributed by atoms with Crippen LogP contribution in [0.4, 0.5) is 10.5 Å². The number of rotatable bonds is 2. The summed E-state index contributed by atoms with van der Waals surface area (Å²) in [5.74, 6) is -1.16. The maximum atomic E-state index is 12.2. The van der Waals surface area contributed by atoms with E-state index in [-0.39, 0.29) is 13.0 Å². The van der Waals surface area contributed by atoms with Gasteiger partial charge in [0.15, 0.2) is 0 Å². The van der Waals surface area contributed by atoms with Crippen LogP contribution < -0.4 is 5.32 Å². The van der Waals surface area contributed by atoms with Gasteiger partial charge in [0, 0.05) is 13.0 Å². The third-order valence-electron chi connectivity index (χ3n) is 3.45. The molecule has 7 nitrogen and oxygen atoms in total. The summed E-state index contributed by atoms with van der Waals surface area (Å²) in [5.41, 5.74) is 1.37. The second-order valence-electron chi connectivity index (χ2n) is 4.94. The van der Waals surface area contributed by atoms with Crippen LogP contribution in [0.25, 0.3) is 0 Å². The van der Waals surface area contributed by atoms with E-state index in [1.807, 2.05) is 6.07 Å². The smallest absolute Gasteiger partial charge is 0.326 e. The molecule has 7 heteroatoms. The van der Waals surface area contributed by atoms with Crippen LogP contribution >= 0.6 is 0 Å². The number of urea groups is 1. The number of aryl methyl sites for hydroxylation is 1. The first-order valence-electron chi connectivity index (χ1n) is 6.42. The Morgan fingerprint density at radius 3 is 2.81 bits per heavy atom. The summed E-state index contributed by atoms with van der Waals surface area (Å²) in [5, 5.41) is 30.3. The lowest BCUT2D eigenvalue weighted by Gasteiger charge is -2.22. The van der Waals surface area contributed by atoms with Crippen LogP contribution in [0.5, 0.6) is 0 Å². The molecule has 0 aromatic heterocycles. The molecule has 1 saturated heterocycles. The minimum atomic E-state index is -1.16. The van der Waals surface area contributed by atoms with Gasteiger partial charge in [0.25, 0.3) is 0 Å². The number of carboxylic acids is 1. The fourth-order valence-electron chi connectivity index (χ4n) is 2.38. The highest BCUT2D eigenvalue weighted by Gasteiger charge is 2.39. The molecule has 0 bridgehead atoms. The molecular weight excluding hydrogens is 274 g/mol. The van der Waals surface area contributed by atoms with Crippen LogP contribution in [0.15, 0.2) is 18.2 Å². The maximum Gasteiger partial charge on any atom is 0.326 e. The number of aliphatic hydroxyl groups is 1. The number of β-amino-alcohol motifs (C(OH)–C–C–N with tert-alkyl or cyclic N) is 1. The van der Waals surface area contributed by atoms with E-state index in [0.717, 1.165) is 4.90 Å². The Labute approximate surface area is 121 Å². The largest absolute Gasteiger partial charge is 0.480 e. The van der Waals surface area contributed by atoms with E-state index >= 15 is 0 Å². The molecule has 0 radical (unpaired) electrons. The van der Waals surface area contributed by atoms with E-state index in [0.29, 0.717) is 16.8 Å². The molecule has 0 spiro atoms. The Kier molecular flexibility index (Phi) is 4.10. The second-order valence-corrected chi connectivity index (χ2v) is 4.94. The standard InChI is InChI=1S/C14H15N3O4/c1-8-3-2-4-11(10(8)6-15)16-14(21)17-7-9(18)5-12(17)13(19)20/h2-4,9,12,18H,5,7H2,1H3,(H,16,21)(H,19,20)/t9-,12-/m1/s1. The number of hydrogen-bond donors (Lipinski definition) is 3. The Hall–Kier alpha value is -2.59. The molecule has 0 saturated carbocycles. The van der Waals surface area contributed by atoms with Crippen LogP contribution in [0.3, 0.4) is 0 Å². The molecule has 2 rings (SSSR count). The molecule has 1 aromatic rings. The first kappa shape index (κ1) is 14.8. The van der Waals surface area contributed by atoms with Crippen molar-refractivity contribution in [2.24, 2.45) is 0 Å². The van der Waals surface area contributed by atoms with Crippen LogP contribution in [-0.2, 0) is 4.79 Å². The number of carbonyl (C=O) groups is 2. The predicted molar refractivity (Wildman–Crippen MR) is 73.7 cm³/mol. The molecule has 2 amide bonds. The van der Waals surface area contributed by atoms with E-state index < -0.39 is 24.1 Å². The second kappa shape index (κ2) is 5.81. The van der Waals surface area contributed by atoms with E-state index in [4.69, 9.17) is 10.4 Å². The van der Waals surface area contributed by atoms with Crippen LogP contribution in [-0.4, -0.2) is 45.8 Å². The predicted octanol–water partition coefficient (Wildman–Crippen LogP) is 0.918. The van der Waals surface area contributed by atoms with Crippen LogP contribution in [0.2, 0.25) is 0 Å². The van der Waals surface area contributed by atoms with Crippen molar-refractivity contribution in [3.8, 4) is 6.07 Å². The van der Waals surface area contributed by atoms with Gasteiger partial charge in [-0.05, 0) is 18.6 Å². The molecule has 0 unspecified atom stereocenters. The Bertz CT molecular complexity index is 623. The number of aliphatic carboxylic acids is 1. The number of likely N-dealkylation sites (tertiary alicyclic amines) is 1. The minimum Gasteiger partial charge on any atom is -0.480 e.